The number of fused-ring (bicyclic) bond motifs is 1. The Morgan fingerprint density at radius 1 is 1.19 bits per heavy atom. The van der Waals surface area contributed by atoms with E-state index in [1.165, 1.54) is 17.4 Å². The molecule has 7 heteroatoms. The second kappa shape index (κ2) is 5.01. The molecule has 0 radical (unpaired) electrons. The van der Waals surface area contributed by atoms with E-state index in [9.17, 15) is 8.42 Å². The molecule has 0 unspecified atom stereocenters. The van der Waals surface area contributed by atoms with Gasteiger partial charge >= 0.3 is 0 Å². The molecule has 3 N–H and O–H groups in total. The van der Waals surface area contributed by atoms with Crippen LogP contribution in [-0.4, -0.2) is 13.4 Å². The highest BCUT2D eigenvalue weighted by molar-refractivity contribution is 7.92. The summed E-state index contributed by atoms with van der Waals surface area (Å²) < 4.78 is 28.4. The van der Waals surface area contributed by atoms with Gasteiger partial charge in [-0.25, -0.2) is 13.4 Å². The van der Waals surface area contributed by atoms with Gasteiger partial charge in [0.1, 0.15) is 0 Å². The number of aromatic nitrogens is 1. The van der Waals surface area contributed by atoms with Gasteiger partial charge in [0.05, 0.1) is 26.3 Å². The minimum absolute atomic E-state index is 0.223. The first-order valence-electron chi connectivity index (χ1n) is 6.18. The van der Waals surface area contributed by atoms with Gasteiger partial charge in [-0.3, -0.25) is 4.72 Å². The van der Waals surface area contributed by atoms with Crippen LogP contribution >= 0.6 is 11.3 Å². The Kier molecular flexibility index (Phi) is 3.30. The second-order valence-electron chi connectivity index (χ2n) is 4.67. The van der Waals surface area contributed by atoms with Gasteiger partial charge in [-0.05, 0) is 48.9 Å². The molecule has 5 nitrogen and oxygen atoms in total. The first kappa shape index (κ1) is 13.8. The molecule has 0 saturated heterocycles. The van der Waals surface area contributed by atoms with Crippen molar-refractivity contribution in [3.8, 4) is 0 Å². The molecule has 108 valence electrons. The van der Waals surface area contributed by atoms with E-state index in [4.69, 9.17) is 5.73 Å². The van der Waals surface area contributed by atoms with Crippen molar-refractivity contribution in [3.63, 3.8) is 0 Å². The molecule has 0 aliphatic carbocycles. The molecular weight excluding hydrogens is 306 g/mol. The Morgan fingerprint density at radius 3 is 2.76 bits per heavy atom. The summed E-state index contributed by atoms with van der Waals surface area (Å²) in [5.74, 6) is 0. The van der Waals surface area contributed by atoms with Crippen molar-refractivity contribution in [3.05, 3.63) is 47.5 Å². The normalized spacial score (nSPS) is 11.7. The van der Waals surface area contributed by atoms with E-state index in [0.29, 0.717) is 16.9 Å². The number of nitrogen functional groups attached to an aromatic ring is 1. The number of anilines is 2. The highest BCUT2D eigenvalue weighted by Crippen LogP contribution is 2.25. The highest BCUT2D eigenvalue weighted by Gasteiger charge is 2.17. The zero-order valence-electron chi connectivity index (χ0n) is 11.2. The van der Waals surface area contributed by atoms with E-state index < -0.39 is 10.0 Å². The van der Waals surface area contributed by atoms with Crippen LogP contribution in [0, 0.1) is 6.92 Å². The van der Waals surface area contributed by atoms with Gasteiger partial charge in [-0.2, -0.15) is 0 Å². The van der Waals surface area contributed by atoms with Gasteiger partial charge in [0.25, 0.3) is 10.0 Å². The molecule has 0 aliphatic heterocycles. The first-order valence-corrected chi connectivity index (χ1v) is 8.54. The molecule has 21 heavy (non-hydrogen) atoms. The number of nitrogens with zero attached hydrogens (tertiary/aromatic N) is 1. The van der Waals surface area contributed by atoms with Crippen LogP contribution in [0.3, 0.4) is 0 Å². The average Bonchev–Trinajstić information content (AvgIpc) is 2.85. The molecule has 0 fully saturated rings. The highest BCUT2D eigenvalue weighted by atomic mass is 32.2. The summed E-state index contributed by atoms with van der Waals surface area (Å²) in [4.78, 5) is 4.39. The zero-order chi connectivity index (χ0) is 15.0. The largest absolute Gasteiger partial charge is 0.399 e. The summed E-state index contributed by atoms with van der Waals surface area (Å²) in [6.07, 6.45) is 0. The van der Waals surface area contributed by atoms with Crippen LogP contribution in [0.5, 0.6) is 0 Å². The van der Waals surface area contributed by atoms with Crippen molar-refractivity contribution in [2.75, 3.05) is 10.5 Å². The number of sulfonamides is 1. The Balaban J connectivity index is 1.98. The maximum atomic E-state index is 12.4. The van der Waals surface area contributed by atoms with E-state index in [-0.39, 0.29) is 4.90 Å². The van der Waals surface area contributed by atoms with Gasteiger partial charge in [0.15, 0.2) is 0 Å². The van der Waals surface area contributed by atoms with Crippen LogP contribution < -0.4 is 10.5 Å². The lowest BCUT2D eigenvalue weighted by atomic mass is 10.2. The van der Waals surface area contributed by atoms with Crippen LogP contribution in [0.15, 0.2) is 46.8 Å². The van der Waals surface area contributed by atoms with Crippen molar-refractivity contribution in [2.24, 2.45) is 0 Å². The van der Waals surface area contributed by atoms with Crippen molar-refractivity contribution in [1.82, 2.24) is 4.98 Å². The molecule has 3 aromatic rings. The SMILES string of the molecule is Cc1cc(N)ccc1S(=O)(=O)Nc1ccc2ncsc2c1. The van der Waals surface area contributed by atoms with Crippen molar-refractivity contribution in [1.29, 1.82) is 0 Å². The quantitative estimate of drug-likeness (QED) is 0.727. The van der Waals surface area contributed by atoms with Crippen LogP contribution in [0.2, 0.25) is 0 Å². The molecule has 1 heterocycles. The number of nitrogens with one attached hydrogen (secondary N) is 1. The van der Waals surface area contributed by atoms with E-state index in [2.05, 4.69) is 9.71 Å². The number of nitrogens with two attached hydrogens (primary N) is 1. The Labute approximate surface area is 126 Å². The Hall–Kier alpha value is -2.12. The van der Waals surface area contributed by atoms with Gasteiger partial charge in [-0.1, -0.05) is 0 Å². The fourth-order valence-electron chi connectivity index (χ4n) is 2.10. The fraction of sp³-hybridized carbons (Fsp3) is 0.0714. The van der Waals surface area contributed by atoms with Crippen LogP contribution in [0.1, 0.15) is 5.56 Å². The van der Waals surface area contributed by atoms with Gasteiger partial charge in [0.2, 0.25) is 0 Å². The molecule has 0 aliphatic rings. The third-order valence-electron chi connectivity index (χ3n) is 3.07. The van der Waals surface area contributed by atoms with Crippen molar-refractivity contribution in [2.45, 2.75) is 11.8 Å². The average molecular weight is 319 g/mol. The summed E-state index contributed by atoms with van der Waals surface area (Å²) in [6.45, 7) is 1.72. The summed E-state index contributed by atoms with van der Waals surface area (Å²) in [7, 11) is -3.63. The van der Waals surface area contributed by atoms with Gasteiger partial charge in [-0.15, -0.1) is 11.3 Å². The third kappa shape index (κ3) is 2.70. The third-order valence-corrected chi connectivity index (χ3v) is 5.41. The molecule has 0 atom stereocenters. The van der Waals surface area contributed by atoms with Crippen LogP contribution in [0.4, 0.5) is 11.4 Å². The first-order chi connectivity index (χ1) is 9.95. The number of rotatable bonds is 3. The molecule has 0 saturated carbocycles. The monoisotopic (exact) mass is 319 g/mol. The van der Waals surface area contributed by atoms with Crippen LogP contribution in [0.25, 0.3) is 10.2 Å². The number of hydrogen-bond donors (Lipinski definition) is 2. The summed E-state index contributed by atoms with van der Waals surface area (Å²) in [5, 5.41) is 0. The lowest BCUT2D eigenvalue weighted by Crippen LogP contribution is -2.14. The summed E-state index contributed by atoms with van der Waals surface area (Å²) in [6, 6.07) is 10.00. The van der Waals surface area contributed by atoms with Gasteiger partial charge in [0, 0.05) is 5.69 Å². The Bertz CT molecular complexity index is 917. The molecule has 1 aromatic heterocycles. The predicted molar refractivity (Wildman–Crippen MR) is 86.0 cm³/mol. The van der Waals surface area contributed by atoms with Crippen molar-refractivity contribution >= 4 is 43.0 Å². The lowest BCUT2D eigenvalue weighted by molar-refractivity contribution is 0.600. The minimum Gasteiger partial charge on any atom is -0.399 e. The summed E-state index contributed by atoms with van der Waals surface area (Å²) >= 11 is 1.47. The summed E-state index contributed by atoms with van der Waals surface area (Å²) in [5.41, 5.74) is 9.90. The zero-order valence-corrected chi connectivity index (χ0v) is 12.8. The molecule has 3 rings (SSSR count). The number of benzene rings is 2. The smallest absolute Gasteiger partial charge is 0.262 e. The number of thiazole rings is 1. The second-order valence-corrected chi connectivity index (χ2v) is 7.20. The van der Waals surface area contributed by atoms with Crippen LogP contribution in [-0.2, 0) is 10.0 Å². The lowest BCUT2D eigenvalue weighted by Gasteiger charge is -2.10. The Morgan fingerprint density at radius 2 is 2.00 bits per heavy atom. The van der Waals surface area contributed by atoms with Crippen molar-refractivity contribution < 1.29 is 8.42 Å². The minimum atomic E-state index is -3.63. The molecular formula is C14H13N3O2S2. The van der Waals surface area contributed by atoms with E-state index in [1.807, 2.05) is 0 Å². The number of aryl methyl sites for hydroxylation is 1. The molecule has 0 bridgehead atoms. The molecule has 0 amide bonds. The molecule has 2 aromatic carbocycles. The number of hydrogen-bond acceptors (Lipinski definition) is 5. The topological polar surface area (TPSA) is 85.1 Å². The van der Waals surface area contributed by atoms with E-state index in [0.717, 1.165) is 10.2 Å². The maximum Gasteiger partial charge on any atom is 0.262 e. The predicted octanol–water partition coefficient (Wildman–Crippen LogP) is 2.99. The fourth-order valence-corrected chi connectivity index (χ4v) is 4.10. The van der Waals surface area contributed by atoms with E-state index in [1.54, 1.807) is 42.8 Å². The maximum absolute atomic E-state index is 12.4. The van der Waals surface area contributed by atoms with Gasteiger partial charge < -0.3 is 5.73 Å². The molecule has 0 spiro atoms. The standard InChI is InChI=1S/C14H13N3O2S2/c1-9-6-10(15)2-5-14(9)21(18,19)17-11-3-4-12-13(7-11)20-8-16-12/h2-8,17H,15H2,1H3. The van der Waals surface area contributed by atoms with E-state index >= 15 is 0 Å².